The quantitative estimate of drug-likeness (QED) is 0.856. The van der Waals surface area contributed by atoms with Gasteiger partial charge in [-0.05, 0) is 23.3 Å². The summed E-state index contributed by atoms with van der Waals surface area (Å²) < 4.78 is 50.8. The zero-order valence-electron chi connectivity index (χ0n) is 8.45. The van der Waals surface area contributed by atoms with E-state index in [4.69, 9.17) is 16.7 Å². The van der Waals surface area contributed by atoms with Crippen molar-refractivity contribution in [3.05, 3.63) is 34.1 Å². The molecule has 1 aromatic carbocycles. The molecule has 0 bridgehead atoms. The van der Waals surface area contributed by atoms with E-state index in [1.165, 1.54) is 6.07 Å². The lowest BCUT2D eigenvalue weighted by molar-refractivity contribution is 0.289. The predicted molar refractivity (Wildman–Crippen MR) is 59.0 cm³/mol. The molecule has 1 aromatic rings. The Bertz CT molecular complexity index is 564. The Balaban J connectivity index is 2.50. The summed E-state index contributed by atoms with van der Waals surface area (Å²) in [5.41, 5.74) is 0.208. The van der Waals surface area contributed by atoms with Crippen LogP contribution in [-0.4, -0.2) is 14.6 Å². The molecule has 0 aromatic heterocycles. The van der Waals surface area contributed by atoms with Crippen LogP contribution in [0.3, 0.4) is 0 Å². The number of fused-ring (bicyclic) bond motifs is 1. The van der Waals surface area contributed by atoms with Crippen LogP contribution in [-0.2, 0) is 16.6 Å². The minimum Gasteiger partial charge on any atom is -0.245 e. The summed E-state index contributed by atoms with van der Waals surface area (Å²) in [5.74, 6) is -0.606. The van der Waals surface area contributed by atoms with Crippen molar-refractivity contribution in [3.8, 4) is 0 Å². The van der Waals surface area contributed by atoms with E-state index in [1.807, 2.05) is 4.72 Å². The molecular formula is C9H9ClF2N2O2S. The van der Waals surface area contributed by atoms with Gasteiger partial charge in [0.2, 0.25) is 0 Å². The smallest absolute Gasteiger partial charge is 0.245 e. The summed E-state index contributed by atoms with van der Waals surface area (Å²) in [6.45, 7) is 0. The number of halogens is 3. The summed E-state index contributed by atoms with van der Waals surface area (Å²) in [4.78, 5) is 0. The zero-order valence-corrected chi connectivity index (χ0v) is 10.0. The van der Waals surface area contributed by atoms with Gasteiger partial charge in [0, 0.05) is 11.4 Å². The first kappa shape index (κ1) is 12.7. The third kappa shape index (κ3) is 2.42. The Hall–Kier alpha value is -0.760. The van der Waals surface area contributed by atoms with E-state index < -0.39 is 28.2 Å². The summed E-state index contributed by atoms with van der Waals surface area (Å²) in [6, 6.07) is 1.14. The molecule has 2 rings (SSSR count). The summed E-state index contributed by atoms with van der Waals surface area (Å²) in [7, 11) is -4.08. The van der Waals surface area contributed by atoms with E-state index in [9.17, 15) is 17.2 Å². The van der Waals surface area contributed by atoms with E-state index >= 15 is 0 Å². The lowest BCUT2D eigenvalue weighted by atomic mass is 10.1. The molecule has 0 saturated carbocycles. The van der Waals surface area contributed by atoms with Gasteiger partial charge >= 0.3 is 0 Å². The van der Waals surface area contributed by atoms with Crippen LogP contribution in [0.5, 0.6) is 0 Å². The van der Waals surface area contributed by atoms with Crippen molar-refractivity contribution >= 4 is 21.8 Å². The van der Waals surface area contributed by atoms with Crippen LogP contribution in [0.2, 0.25) is 5.02 Å². The Morgan fingerprint density at radius 1 is 1.47 bits per heavy atom. The second-order valence-corrected chi connectivity index (χ2v) is 5.52. The topological polar surface area (TPSA) is 72.2 Å². The Morgan fingerprint density at radius 3 is 2.71 bits per heavy atom. The second kappa shape index (κ2) is 4.16. The molecule has 0 saturated heterocycles. The van der Waals surface area contributed by atoms with Crippen molar-refractivity contribution < 1.29 is 17.2 Å². The average Bonchev–Trinajstić information content (AvgIpc) is 2.49. The van der Waals surface area contributed by atoms with Gasteiger partial charge in [0.15, 0.2) is 0 Å². The van der Waals surface area contributed by atoms with Crippen LogP contribution in [0.4, 0.5) is 8.78 Å². The first-order chi connectivity index (χ1) is 7.79. The SMILES string of the molecule is NS(=O)(=O)N[C@@H]1c2c(Cl)ccc(F)c2C[C@H]1F. The number of hydrogen-bond donors (Lipinski definition) is 2. The highest BCUT2D eigenvalue weighted by Gasteiger charge is 2.38. The van der Waals surface area contributed by atoms with Crippen molar-refractivity contribution in [2.45, 2.75) is 18.6 Å². The molecule has 0 fully saturated rings. The lowest BCUT2D eigenvalue weighted by Gasteiger charge is -2.15. The number of nitrogens with one attached hydrogen (secondary N) is 1. The number of alkyl halides is 1. The largest absolute Gasteiger partial charge is 0.275 e. The molecule has 94 valence electrons. The van der Waals surface area contributed by atoms with E-state index in [0.717, 1.165) is 6.07 Å². The van der Waals surface area contributed by atoms with Crippen molar-refractivity contribution in [2.75, 3.05) is 0 Å². The van der Waals surface area contributed by atoms with Gasteiger partial charge in [0.25, 0.3) is 10.2 Å². The zero-order chi connectivity index (χ0) is 12.8. The molecule has 1 aliphatic carbocycles. The van der Waals surface area contributed by atoms with E-state index in [2.05, 4.69) is 0 Å². The fraction of sp³-hybridized carbons (Fsp3) is 0.333. The van der Waals surface area contributed by atoms with Gasteiger partial charge < -0.3 is 0 Å². The maximum atomic E-state index is 13.7. The summed E-state index contributed by atoms with van der Waals surface area (Å²) in [6.07, 6.45) is -1.81. The number of rotatable bonds is 2. The van der Waals surface area contributed by atoms with Gasteiger partial charge in [-0.3, -0.25) is 0 Å². The van der Waals surface area contributed by atoms with E-state index in [-0.39, 0.29) is 22.6 Å². The molecule has 1 aliphatic rings. The number of benzene rings is 1. The van der Waals surface area contributed by atoms with Gasteiger partial charge in [0.05, 0.1) is 6.04 Å². The molecule has 0 aliphatic heterocycles. The fourth-order valence-corrected chi connectivity index (χ4v) is 2.87. The highest BCUT2D eigenvalue weighted by Crippen LogP contribution is 2.39. The van der Waals surface area contributed by atoms with Gasteiger partial charge in [-0.1, -0.05) is 11.6 Å². The highest BCUT2D eigenvalue weighted by molar-refractivity contribution is 7.87. The minimum atomic E-state index is -4.08. The third-order valence-electron chi connectivity index (χ3n) is 2.61. The average molecular weight is 283 g/mol. The molecule has 17 heavy (non-hydrogen) atoms. The van der Waals surface area contributed by atoms with Gasteiger partial charge in [-0.25, -0.2) is 13.9 Å². The van der Waals surface area contributed by atoms with Crippen LogP contribution < -0.4 is 9.86 Å². The molecule has 2 atom stereocenters. The third-order valence-corrected chi connectivity index (χ3v) is 3.52. The molecule has 4 nitrogen and oxygen atoms in total. The fourth-order valence-electron chi connectivity index (χ4n) is 1.96. The molecule has 3 N–H and O–H groups in total. The minimum absolute atomic E-state index is 0.0890. The van der Waals surface area contributed by atoms with E-state index in [0.29, 0.717) is 0 Å². The van der Waals surface area contributed by atoms with Crippen LogP contribution >= 0.6 is 11.6 Å². The summed E-state index contributed by atoms with van der Waals surface area (Å²) in [5, 5.41) is 4.89. The van der Waals surface area contributed by atoms with Crippen LogP contribution in [0.15, 0.2) is 12.1 Å². The monoisotopic (exact) mass is 282 g/mol. The molecule has 0 heterocycles. The van der Waals surface area contributed by atoms with E-state index in [1.54, 1.807) is 0 Å². The first-order valence-corrected chi connectivity index (χ1v) is 6.63. The van der Waals surface area contributed by atoms with Crippen molar-refractivity contribution in [2.24, 2.45) is 5.14 Å². The predicted octanol–water partition coefficient (Wildman–Crippen LogP) is 1.21. The lowest BCUT2D eigenvalue weighted by Crippen LogP contribution is -2.37. The Kier molecular flexibility index (Phi) is 3.11. The first-order valence-electron chi connectivity index (χ1n) is 4.70. The summed E-state index contributed by atoms with van der Waals surface area (Å²) >= 11 is 5.82. The van der Waals surface area contributed by atoms with Crippen molar-refractivity contribution in [1.29, 1.82) is 0 Å². The van der Waals surface area contributed by atoms with Gasteiger partial charge in [-0.15, -0.1) is 0 Å². The molecule has 0 radical (unpaired) electrons. The molecule has 0 spiro atoms. The molecule has 8 heteroatoms. The number of hydrogen-bond acceptors (Lipinski definition) is 2. The van der Waals surface area contributed by atoms with Crippen LogP contribution in [0.1, 0.15) is 17.2 Å². The normalized spacial score (nSPS) is 23.8. The van der Waals surface area contributed by atoms with Crippen LogP contribution in [0, 0.1) is 5.82 Å². The van der Waals surface area contributed by atoms with Crippen molar-refractivity contribution in [1.82, 2.24) is 4.72 Å². The Labute approximate surface area is 102 Å². The second-order valence-electron chi connectivity index (χ2n) is 3.78. The number of nitrogens with two attached hydrogens (primary N) is 1. The molecular weight excluding hydrogens is 274 g/mol. The van der Waals surface area contributed by atoms with Gasteiger partial charge in [-0.2, -0.15) is 13.1 Å². The highest BCUT2D eigenvalue weighted by atomic mass is 35.5. The van der Waals surface area contributed by atoms with Crippen molar-refractivity contribution in [3.63, 3.8) is 0 Å². The standard InChI is InChI=1S/C9H9ClF2N2O2S/c10-5-1-2-6(11)4-3-7(12)9(8(4)5)14-17(13,15)16/h1-2,7,9,14H,3H2,(H2,13,15,16)/t7-,9+/m1/s1. The molecule has 0 unspecified atom stereocenters. The van der Waals surface area contributed by atoms with Gasteiger partial charge in [0.1, 0.15) is 12.0 Å². The maximum absolute atomic E-state index is 13.7. The Morgan fingerprint density at radius 2 is 2.12 bits per heavy atom. The molecule has 0 amide bonds. The maximum Gasteiger partial charge on any atom is 0.275 e. The van der Waals surface area contributed by atoms with Crippen LogP contribution in [0.25, 0.3) is 0 Å².